The van der Waals surface area contributed by atoms with Gasteiger partial charge in [0.25, 0.3) is 0 Å². The highest BCUT2D eigenvalue weighted by atomic mass is 15.5. The summed E-state index contributed by atoms with van der Waals surface area (Å²) in [6.07, 6.45) is 5.51. The van der Waals surface area contributed by atoms with Gasteiger partial charge in [0.15, 0.2) is 0 Å². The summed E-state index contributed by atoms with van der Waals surface area (Å²) in [5.74, 6) is 0.772. The summed E-state index contributed by atoms with van der Waals surface area (Å²) in [7, 11) is 2.02. The second kappa shape index (κ2) is 3.06. The maximum Gasteiger partial charge on any atom is 0.0462 e. The van der Waals surface area contributed by atoms with Crippen LogP contribution in [0.1, 0.15) is 20.3 Å². The summed E-state index contributed by atoms with van der Waals surface area (Å²) in [5.41, 5.74) is 3.31. The van der Waals surface area contributed by atoms with Gasteiger partial charge in [-0.05, 0) is 18.4 Å². The maximum absolute atomic E-state index is 3.31. The molecular weight excluding hydrogens is 124 g/mol. The van der Waals surface area contributed by atoms with Gasteiger partial charge in [-0.2, -0.15) is 0 Å². The molecule has 0 aromatic rings. The zero-order valence-electron chi connectivity index (χ0n) is 6.96. The number of nitrogens with zero attached hydrogens (tertiary/aromatic N) is 1. The molecule has 1 unspecified atom stereocenters. The van der Waals surface area contributed by atoms with E-state index in [1.54, 1.807) is 0 Å². The lowest BCUT2D eigenvalue weighted by Crippen LogP contribution is -2.32. The monoisotopic (exact) mass is 140 g/mol. The van der Waals surface area contributed by atoms with Gasteiger partial charge in [-0.25, -0.2) is 5.43 Å². The first kappa shape index (κ1) is 7.61. The molecule has 0 saturated heterocycles. The zero-order valence-corrected chi connectivity index (χ0v) is 6.96. The zero-order chi connectivity index (χ0) is 7.56. The van der Waals surface area contributed by atoms with Gasteiger partial charge >= 0.3 is 0 Å². The molecular formula is C8H16N2. The molecule has 0 fully saturated rings. The van der Waals surface area contributed by atoms with Crippen molar-refractivity contribution in [3.05, 3.63) is 12.3 Å². The van der Waals surface area contributed by atoms with Gasteiger partial charge in [0.2, 0.25) is 0 Å². The van der Waals surface area contributed by atoms with Crippen LogP contribution in [0.25, 0.3) is 0 Å². The Morgan fingerprint density at radius 3 is 2.70 bits per heavy atom. The summed E-state index contributed by atoms with van der Waals surface area (Å²) in [4.78, 5) is 0. The summed E-state index contributed by atoms with van der Waals surface area (Å²) < 4.78 is 0. The normalized spacial score (nSPS) is 24.8. The summed E-state index contributed by atoms with van der Waals surface area (Å²) in [6.45, 7) is 4.49. The molecule has 0 aliphatic carbocycles. The molecule has 0 aromatic heterocycles. The van der Waals surface area contributed by atoms with E-state index in [4.69, 9.17) is 0 Å². The fraction of sp³-hybridized carbons (Fsp3) is 0.750. The van der Waals surface area contributed by atoms with Crippen LogP contribution in [0.5, 0.6) is 0 Å². The Kier molecular flexibility index (Phi) is 2.33. The first-order valence-electron chi connectivity index (χ1n) is 3.86. The SMILES string of the molecule is CC(C)CC1C=CN(C)N1. The van der Waals surface area contributed by atoms with Crippen molar-refractivity contribution in [3.63, 3.8) is 0 Å². The van der Waals surface area contributed by atoms with Crippen LogP contribution in [0.3, 0.4) is 0 Å². The van der Waals surface area contributed by atoms with Crippen molar-refractivity contribution < 1.29 is 0 Å². The number of hydrogen-bond acceptors (Lipinski definition) is 2. The van der Waals surface area contributed by atoms with Crippen molar-refractivity contribution >= 4 is 0 Å². The highest BCUT2D eigenvalue weighted by Crippen LogP contribution is 2.09. The Morgan fingerprint density at radius 1 is 1.60 bits per heavy atom. The van der Waals surface area contributed by atoms with Crippen molar-refractivity contribution in [2.45, 2.75) is 26.3 Å². The Hall–Kier alpha value is -0.500. The minimum Gasteiger partial charge on any atom is -0.318 e. The number of rotatable bonds is 2. The van der Waals surface area contributed by atoms with Crippen molar-refractivity contribution in [1.29, 1.82) is 0 Å². The minimum absolute atomic E-state index is 0.560. The van der Waals surface area contributed by atoms with Crippen molar-refractivity contribution in [1.82, 2.24) is 10.4 Å². The van der Waals surface area contributed by atoms with E-state index in [0.717, 1.165) is 5.92 Å². The van der Waals surface area contributed by atoms with Crippen LogP contribution in [0, 0.1) is 5.92 Å². The van der Waals surface area contributed by atoms with Crippen LogP contribution in [-0.2, 0) is 0 Å². The number of hydrogen-bond donors (Lipinski definition) is 1. The lowest BCUT2D eigenvalue weighted by atomic mass is 10.1. The van der Waals surface area contributed by atoms with Gasteiger partial charge in [-0.15, -0.1) is 0 Å². The molecule has 0 radical (unpaired) electrons. The molecule has 1 N–H and O–H groups in total. The van der Waals surface area contributed by atoms with E-state index in [1.165, 1.54) is 6.42 Å². The average molecular weight is 140 g/mol. The van der Waals surface area contributed by atoms with Gasteiger partial charge in [0, 0.05) is 19.3 Å². The Bertz CT molecular complexity index is 129. The minimum atomic E-state index is 0.560. The predicted octanol–water partition coefficient (Wildman–Crippen LogP) is 1.36. The third-order valence-electron chi connectivity index (χ3n) is 1.64. The smallest absolute Gasteiger partial charge is 0.0462 e. The van der Waals surface area contributed by atoms with Crippen molar-refractivity contribution in [2.75, 3.05) is 7.05 Å². The molecule has 0 saturated carbocycles. The van der Waals surface area contributed by atoms with Crippen LogP contribution < -0.4 is 5.43 Å². The lowest BCUT2D eigenvalue weighted by Gasteiger charge is -2.15. The van der Waals surface area contributed by atoms with Crippen LogP contribution in [-0.4, -0.2) is 18.1 Å². The Balaban J connectivity index is 2.26. The fourth-order valence-electron chi connectivity index (χ4n) is 1.22. The van der Waals surface area contributed by atoms with E-state index >= 15 is 0 Å². The van der Waals surface area contributed by atoms with Gasteiger partial charge in [0.1, 0.15) is 0 Å². The number of hydrazine groups is 1. The van der Waals surface area contributed by atoms with Gasteiger partial charge in [-0.1, -0.05) is 13.8 Å². The Labute approximate surface area is 62.9 Å². The van der Waals surface area contributed by atoms with E-state index in [-0.39, 0.29) is 0 Å². The molecule has 1 aliphatic heterocycles. The second-order valence-corrected chi connectivity index (χ2v) is 3.32. The summed E-state index contributed by atoms with van der Waals surface area (Å²) >= 11 is 0. The average Bonchev–Trinajstić information content (AvgIpc) is 2.13. The van der Waals surface area contributed by atoms with E-state index in [9.17, 15) is 0 Å². The number of nitrogens with one attached hydrogen (secondary N) is 1. The highest BCUT2D eigenvalue weighted by molar-refractivity contribution is 4.97. The first-order valence-corrected chi connectivity index (χ1v) is 3.86. The maximum atomic E-state index is 3.31. The molecule has 1 aliphatic rings. The topological polar surface area (TPSA) is 15.3 Å². The fourth-order valence-corrected chi connectivity index (χ4v) is 1.22. The molecule has 0 amide bonds. The first-order chi connectivity index (χ1) is 4.68. The standard InChI is InChI=1S/C8H16N2/c1-7(2)6-8-4-5-10(3)9-8/h4-5,7-9H,6H2,1-3H3. The summed E-state index contributed by atoms with van der Waals surface area (Å²) in [5, 5.41) is 2.01. The molecule has 1 atom stereocenters. The molecule has 2 heteroatoms. The van der Waals surface area contributed by atoms with E-state index in [1.807, 2.05) is 12.1 Å². The molecule has 1 heterocycles. The molecule has 10 heavy (non-hydrogen) atoms. The van der Waals surface area contributed by atoms with Crippen LogP contribution in [0.4, 0.5) is 0 Å². The molecule has 1 rings (SSSR count). The second-order valence-electron chi connectivity index (χ2n) is 3.32. The largest absolute Gasteiger partial charge is 0.318 e. The molecule has 0 spiro atoms. The lowest BCUT2D eigenvalue weighted by molar-refractivity contribution is 0.308. The van der Waals surface area contributed by atoms with Crippen LogP contribution in [0.2, 0.25) is 0 Å². The van der Waals surface area contributed by atoms with E-state index < -0.39 is 0 Å². The van der Waals surface area contributed by atoms with Crippen LogP contribution >= 0.6 is 0 Å². The molecule has 2 nitrogen and oxygen atoms in total. The molecule has 58 valence electrons. The van der Waals surface area contributed by atoms with Crippen LogP contribution in [0.15, 0.2) is 12.3 Å². The summed E-state index contributed by atoms with van der Waals surface area (Å²) in [6, 6.07) is 0.560. The Morgan fingerprint density at radius 2 is 2.30 bits per heavy atom. The van der Waals surface area contributed by atoms with Gasteiger partial charge in [-0.3, -0.25) is 0 Å². The predicted molar refractivity (Wildman–Crippen MR) is 43.3 cm³/mol. The van der Waals surface area contributed by atoms with Crippen molar-refractivity contribution in [2.24, 2.45) is 5.92 Å². The third-order valence-corrected chi connectivity index (χ3v) is 1.64. The quantitative estimate of drug-likeness (QED) is 0.623. The third kappa shape index (κ3) is 2.03. The van der Waals surface area contributed by atoms with Crippen molar-refractivity contribution in [3.8, 4) is 0 Å². The highest BCUT2D eigenvalue weighted by Gasteiger charge is 2.12. The molecule has 0 bridgehead atoms. The van der Waals surface area contributed by atoms with Gasteiger partial charge in [0.05, 0.1) is 0 Å². The van der Waals surface area contributed by atoms with E-state index in [0.29, 0.717) is 6.04 Å². The van der Waals surface area contributed by atoms with E-state index in [2.05, 4.69) is 31.5 Å². The molecule has 0 aromatic carbocycles. The van der Waals surface area contributed by atoms with Gasteiger partial charge < -0.3 is 5.01 Å².